The van der Waals surface area contributed by atoms with Crippen molar-refractivity contribution < 1.29 is 4.74 Å². The predicted molar refractivity (Wildman–Crippen MR) is 72.2 cm³/mol. The second kappa shape index (κ2) is 6.01. The molecule has 1 saturated heterocycles. The summed E-state index contributed by atoms with van der Waals surface area (Å²) in [4.78, 5) is 0. The van der Waals surface area contributed by atoms with Crippen LogP contribution in [0, 0.1) is 0 Å². The Labute approximate surface area is 106 Å². The van der Waals surface area contributed by atoms with E-state index >= 15 is 0 Å². The molecule has 0 aromatic rings. The number of likely N-dealkylation sites (N-methyl/N-ethyl adjacent to an activating group) is 1. The number of rotatable bonds is 3. The van der Waals surface area contributed by atoms with Gasteiger partial charge in [0.25, 0.3) is 0 Å². The van der Waals surface area contributed by atoms with Gasteiger partial charge in [-0.2, -0.15) is 0 Å². The molecule has 0 radical (unpaired) electrons. The minimum absolute atomic E-state index is 0.0276. The van der Waals surface area contributed by atoms with Gasteiger partial charge in [-0.25, -0.2) is 0 Å². The lowest BCUT2D eigenvalue weighted by atomic mass is 9.84. The largest absolute Gasteiger partial charge is 0.373 e. The van der Waals surface area contributed by atoms with Crippen molar-refractivity contribution in [2.24, 2.45) is 0 Å². The van der Waals surface area contributed by atoms with Crippen LogP contribution < -0.4 is 5.32 Å². The number of nitrogens with one attached hydrogen (secondary N) is 1. The Balaban J connectivity index is 2.10. The Morgan fingerprint density at radius 3 is 2.76 bits per heavy atom. The molecule has 0 bridgehead atoms. The van der Waals surface area contributed by atoms with Gasteiger partial charge in [-0.3, -0.25) is 0 Å². The third-order valence-corrected chi connectivity index (χ3v) is 4.35. The van der Waals surface area contributed by atoms with E-state index < -0.39 is 0 Å². The summed E-state index contributed by atoms with van der Waals surface area (Å²) in [5, 5.41) is 3.51. The molecule has 17 heavy (non-hydrogen) atoms. The summed E-state index contributed by atoms with van der Waals surface area (Å²) in [5.41, 5.74) is 1.62. The van der Waals surface area contributed by atoms with Crippen LogP contribution in [0.3, 0.4) is 0 Å². The molecule has 1 aliphatic carbocycles. The number of allylic oxidation sites excluding steroid dienone is 1. The maximum atomic E-state index is 6.02. The van der Waals surface area contributed by atoms with Crippen LogP contribution in [-0.4, -0.2) is 25.3 Å². The molecule has 2 heteroatoms. The van der Waals surface area contributed by atoms with Crippen LogP contribution in [0.15, 0.2) is 11.6 Å². The average Bonchev–Trinajstić information content (AvgIpc) is 2.70. The average molecular weight is 237 g/mol. The molecule has 0 saturated carbocycles. The van der Waals surface area contributed by atoms with Gasteiger partial charge in [0, 0.05) is 6.61 Å². The van der Waals surface area contributed by atoms with Crippen molar-refractivity contribution in [1.29, 1.82) is 0 Å². The summed E-state index contributed by atoms with van der Waals surface area (Å²) in [5.74, 6) is 0. The molecule has 2 rings (SSSR count). The summed E-state index contributed by atoms with van der Waals surface area (Å²) >= 11 is 0. The lowest BCUT2D eigenvalue weighted by Gasteiger charge is -2.35. The van der Waals surface area contributed by atoms with Crippen molar-refractivity contribution in [3.8, 4) is 0 Å². The van der Waals surface area contributed by atoms with Crippen LogP contribution in [0.5, 0.6) is 0 Å². The molecule has 1 fully saturated rings. The SMILES string of the molecule is CNC(C1=CCCCCCC1)C1(C)CCCO1. The molecular weight excluding hydrogens is 210 g/mol. The third-order valence-electron chi connectivity index (χ3n) is 4.35. The number of ether oxygens (including phenoxy) is 1. The Kier molecular flexibility index (Phi) is 4.63. The highest BCUT2D eigenvalue weighted by atomic mass is 16.5. The Bertz CT molecular complexity index is 266. The molecule has 0 amide bonds. The van der Waals surface area contributed by atoms with Crippen molar-refractivity contribution >= 4 is 0 Å². The summed E-state index contributed by atoms with van der Waals surface area (Å²) < 4.78 is 6.02. The van der Waals surface area contributed by atoms with Crippen LogP contribution in [0.25, 0.3) is 0 Å². The van der Waals surface area contributed by atoms with Crippen LogP contribution in [0.2, 0.25) is 0 Å². The first-order valence-corrected chi connectivity index (χ1v) is 7.26. The van der Waals surface area contributed by atoms with Gasteiger partial charge in [-0.15, -0.1) is 0 Å². The fourth-order valence-corrected chi connectivity index (χ4v) is 3.39. The monoisotopic (exact) mass is 237 g/mol. The minimum Gasteiger partial charge on any atom is -0.373 e. The zero-order chi connectivity index (χ0) is 12.1. The predicted octanol–water partition coefficient (Wildman–Crippen LogP) is 3.42. The van der Waals surface area contributed by atoms with E-state index in [0.29, 0.717) is 6.04 Å². The Morgan fingerprint density at radius 1 is 1.24 bits per heavy atom. The molecular formula is C15H27NO. The molecule has 0 spiro atoms. The molecule has 2 aliphatic rings. The second-order valence-corrected chi connectivity index (χ2v) is 5.72. The normalized spacial score (nSPS) is 32.7. The molecule has 1 N–H and O–H groups in total. The molecule has 1 heterocycles. The molecule has 2 nitrogen and oxygen atoms in total. The van der Waals surface area contributed by atoms with Crippen LogP contribution in [0.1, 0.15) is 58.3 Å². The van der Waals surface area contributed by atoms with Crippen LogP contribution in [-0.2, 0) is 4.74 Å². The third kappa shape index (κ3) is 3.11. The van der Waals surface area contributed by atoms with Gasteiger partial charge in [-0.05, 0) is 52.5 Å². The Hall–Kier alpha value is -0.340. The second-order valence-electron chi connectivity index (χ2n) is 5.72. The zero-order valence-electron chi connectivity index (χ0n) is 11.4. The molecule has 2 unspecified atom stereocenters. The Morgan fingerprint density at radius 2 is 2.06 bits per heavy atom. The minimum atomic E-state index is 0.0276. The maximum absolute atomic E-state index is 6.02. The fourth-order valence-electron chi connectivity index (χ4n) is 3.39. The summed E-state index contributed by atoms with van der Waals surface area (Å²) in [6.07, 6.45) is 12.9. The van der Waals surface area contributed by atoms with Gasteiger partial charge in [0.2, 0.25) is 0 Å². The number of hydrogen-bond donors (Lipinski definition) is 1. The van der Waals surface area contributed by atoms with Gasteiger partial charge >= 0.3 is 0 Å². The van der Waals surface area contributed by atoms with E-state index in [1.807, 2.05) is 0 Å². The molecule has 0 aromatic heterocycles. The first-order valence-electron chi connectivity index (χ1n) is 7.26. The molecule has 1 aliphatic heterocycles. The van der Waals surface area contributed by atoms with Crippen molar-refractivity contribution in [1.82, 2.24) is 5.32 Å². The van der Waals surface area contributed by atoms with Crippen molar-refractivity contribution in [2.45, 2.75) is 69.9 Å². The summed E-state index contributed by atoms with van der Waals surface area (Å²) in [6.45, 7) is 3.21. The van der Waals surface area contributed by atoms with E-state index in [9.17, 15) is 0 Å². The first-order chi connectivity index (χ1) is 8.26. The van der Waals surface area contributed by atoms with E-state index in [0.717, 1.165) is 6.61 Å². The quantitative estimate of drug-likeness (QED) is 0.759. The smallest absolute Gasteiger partial charge is 0.0845 e. The van der Waals surface area contributed by atoms with E-state index in [2.05, 4.69) is 25.4 Å². The lowest BCUT2D eigenvalue weighted by molar-refractivity contribution is -0.000817. The van der Waals surface area contributed by atoms with Crippen LogP contribution >= 0.6 is 0 Å². The zero-order valence-corrected chi connectivity index (χ0v) is 11.4. The van der Waals surface area contributed by atoms with Gasteiger partial charge in [0.05, 0.1) is 11.6 Å². The van der Waals surface area contributed by atoms with Gasteiger partial charge in [0.1, 0.15) is 0 Å². The van der Waals surface area contributed by atoms with Gasteiger partial charge in [-0.1, -0.05) is 24.5 Å². The highest BCUT2D eigenvalue weighted by molar-refractivity contribution is 5.18. The van der Waals surface area contributed by atoms with E-state index in [4.69, 9.17) is 4.74 Å². The highest BCUT2D eigenvalue weighted by Gasteiger charge is 2.39. The maximum Gasteiger partial charge on any atom is 0.0845 e. The number of hydrogen-bond acceptors (Lipinski definition) is 2. The van der Waals surface area contributed by atoms with Crippen molar-refractivity contribution in [3.05, 3.63) is 11.6 Å². The highest BCUT2D eigenvalue weighted by Crippen LogP contribution is 2.34. The molecule has 2 atom stereocenters. The van der Waals surface area contributed by atoms with Gasteiger partial charge in [0.15, 0.2) is 0 Å². The summed E-state index contributed by atoms with van der Waals surface area (Å²) in [6, 6.07) is 0.420. The molecule has 0 aromatic carbocycles. The summed E-state index contributed by atoms with van der Waals surface area (Å²) in [7, 11) is 2.08. The molecule has 98 valence electrons. The van der Waals surface area contributed by atoms with Crippen molar-refractivity contribution in [2.75, 3.05) is 13.7 Å². The van der Waals surface area contributed by atoms with E-state index in [1.54, 1.807) is 5.57 Å². The van der Waals surface area contributed by atoms with E-state index in [-0.39, 0.29) is 5.60 Å². The van der Waals surface area contributed by atoms with Crippen molar-refractivity contribution in [3.63, 3.8) is 0 Å². The fraction of sp³-hybridized carbons (Fsp3) is 0.867. The standard InChI is InChI=1S/C15H27NO/c1-15(11-8-12-17-15)14(16-2)13-9-6-4-3-5-7-10-13/h9,14,16H,3-8,10-12H2,1-2H3. The van der Waals surface area contributed by atoms with Crippen LogP contribution in [0.4, 0.5) is 0 Å². The lowest BCUT2D eigenvalue weighted by Crippen LogP contribution is -2.48. The topological polar surface area (TPSA) is 21.3 Å². The first kappa shape index (κ1) is 13.1. The van der Waals surface area contributed by atoms with E-state index in [1.165, 1.54) is 51.4 Å². The van der Waals surface area contributed by atoms with Gasteiger partial charge < -0.3 is 10.1 Å².